The van der Waals surface area contributed by atoms with Crippen molar-refractivity contribution >= 4 is 17.8 Å². The van der Waals surface area contributed by atoms with Crippen LogP contribution >= 0.6 is 11.8 Å². The minimum atomic E-state index is -1.16. The van der Waals surface area contributed by atoms with E-state index in [1.807, 2.05) is 13.2 Å². The molecule has 21 heavy (non-hydrogen) atoms. The van der Waals surface area contributed by atoms with Gasteiger partial charge in [-0.05, 0) is 46.9 Å². The SMILES string of the molecule is CSC(C)(C)CNC(=O)NCC(C)(O)c1cc(C)oc1C. The van der Waals surface area contributed by atoms with Crippen molar-refractivity contribution in [3.8, 4) is 0 Å². The highest BCUT2D eigenvalue weighted by molar-refractivity contribution is 7.99. The van der Waals surface area contributed by atoms with Crippen LogP contribution in [0.4, 0.5) is 4.79 Å². The highest BCUT2D eigenvalue weighted by Gasteiger charge is 2.28. The van der Waals surface area contributed by atoms with Gasteiger partial charge in [-0.15, -0.1) is 0 Å². The molecule has 0 aliphatic rings. The Kier molecular flexibility index (Phi) is 5.75. The quantitative estimate of drug-likeness (QED) is 0.754. The van der Waals surface area contributed by atoms with E-state index >= 15 is 0 Å². The molecule has 1 unspecified atom stereocenters. The predicted octanol–water partition coefficient (Wildman–Crippen LogP) is 2.54. The molecule has 0 saturated heterocycles. The Morgan fingerprint density at radius 2 is 1.86 bits per heavy atom. The second-order valence-corrected chi connectivity index (χ2v) is 7.61. The smallest absolute Gasteiger partial charge is 0.314 e. The van der Waals surface area contributed by atoms with Crippen LogP contribution in [0.25, 0.3) is 0 Å². The van der Waals surface area contributed by atoms with Crippen LogP contribution in [0.2, 0.25) is 0 Å². The number of hydrogen-bond acceptors (Lipinski definition) is 4. The van der Waals surface area contributed by atoms with Gasteiger partial charge in [0.2, 0.25) is 0 Å². The van der Waals surface area contributed by atoms with Crippen LogP contribution in [-0.2, 0) is 5.60 Å². The standard InChI is InChI=1S/C15H26N2O3S/c1-10-7-12(11(2)20-10)15(5,19)9-17-13(18)16-8-14(3,4)21-6/h7,19H,8-9H2,1-6H3,(H2,16,17,18). The fourth-order valence-electron chi connectivity index (χ4n) is 1.94. The average Bonchev–Trinajstić information content (AvgIpc) is 2.74. The van der Waals surface area contributed by atoms with Gasteiger partial charge in [-0.3, -0.25) is 0 Å². The summed E-state index contributed by atoms with van der Waals surface area (Å²) in [4.78, 5) is 11.8. The van der Waals surface area contributed by atoms with E-state index in [1.54, 1.807) is 31.7 Å². The number of rotatable bonds is 6. The topological polar surface area (TPSA) is 74.5 Å². The highest BCUT2D eigenvalue weighted by atomic mass is 32.2. The molecule has 0 saturated carbocycles. The van der Waals surface area contributed by atoms with Crippen molar-refractivity contribution in [2.75, 3.05) is 19.3 Å². The summed E-state index contributed by atoms with van der Waals surface area (Å²) in [6.07, 6.45) is 2.01. The number of amides is 2. The van der Waals surface area contributed by atoms with Gasteiger partial charge in [-0.2, -0.15) is 11.8 Å². The van der Waals surface area contributed by atoms with Crippen LogP contribution in [0.3, 0.4) is 0 Å². The normalized spacial score (nSPS) is 14.6. The molecule has 0 spiro atoms. The molecule has 1 heterocycles. The summed E-state index contributed by atoms with van der Waals surface area (Å²) in [6, 6.07) is 1.52. The van der Waals surface area contributed by atoms with Crippen molar-refractivity contribution in [1.29, 1.82) is 0 Å². The van der Waals surface area contributed by atoms with Crippen LogP contribution < -0.4 is 10.6 Å². The number of thioether (sulfide) groups is 1. The summed E-state index contributed by atoms with van der Waals surface area (Å²) in [5, 5.41) is 16.0. The molecule has 0 aliphatic carbocycles. The number of hydrogen-bond donors (Lipinski definition) is 3. The van der Waals surface area contributed by atoms with Crippen LogP contribution in [0.1, 0.15) is 37.9 Å². The van der Waals surface area contributed by atoms with Gasteiger partial charge >= 0.3 is 6.03 Å². The number of carbonyl (C=O) groups excluding carboxylic acids is 1. The van der Waals surface area contributed by atoms with E-state index in [4.69, 9.17) is 4.42 Å². The first-order chi connectivity index (χ1) is 9.57. The monoisotopic (exact) mass is 314 g/mol. The number of carbonyl (C=O) groups is 1. The highest BCUT2D eigenvalue weighted by Crippen LogP contribution is 2.26. The van der Waals surface area contributed by atoms with Crippen LogP contribution in [-0.4, -0.2) is 35.2 Å². The molecule has 120 valence electrons. The molecule has 1 aromatic heterocycles. The summed E-state index contributed by atoms with van der Waals surface area (Å²) in [7, 11) is 0. The lowest BCUT2D eigenvalue weighted by Gasteiger charge is -2.25. The molecular weight excluding hydrogens is 288 g/mol. The van der Waals surface area contributed by atoms with Crippen molar-refractivity contribution in [1.82, 2.24) is 10.6 Å². The van der Waals surface area contributed by atoms with Gasteiger partial charge in [0.05, 0.1) is 6.54 Å². The van der Waals surface area contributed by atoms with Gasteiger partial charge in [-0.25, -0.2) is 4.79 Å². The van der Waals surface area contributed by atoms with Crippen LogP contribution in [0, 0.1) is 13.8 Å². The Hall–Kier alpha value is -1.14. The minimum absolute atomic E-state index is 0.0158. The van der Waals surface area contributed by atoms with Gasteiger partial charge in [0.25, 0.3) is 0 Å². The Morgan fingerprint density at radius 3 is 2.33 bits per heavy atom. The zero-order valence-electron chi connectivity index (χ0n) is 13.7. The Labute approximate surface area is 130 Å². The lowest BCUT2D eigenvalue weighted by atomic mass is 9.96. The Morgan fingerprint density at radius 1 is 1.29 bits per heavy atom. The molecule has 0 radical (unpaired) electrons. The third kappa shape index (κ3) is 5.28. The molecule has 0 aromatic carbocycles. The molecule has 2 amide bonds. The van der Waals surface area contributed by atoms with E-state index < -0.39 is 5.60 Å². The number of urea groups is 1. The summed E-state index contributed by atoms with van der Waals surface area (Å²) in [6.45, 7) is 10.1. The van der Waals surface area contributed by atoms with Crippen LogP contribution in [0.5, 0.6) is 0 Å². The van der Waals surface area contributed by atoms with Crippen molar-refractivity contribution in [3.05, 3.63) is 23.2 Å². The van der Waals surface area contributed by atoms with Crippen molar-refractivity contribution in [3.63, 3.8) is 0 Å². The molecule has 1 aromatic rings. The minimum Gasteiger partial charge on any atom is -0.466 e. The fraction of sp³-hybridized carbons (Fsp3) is 0.667. The molecule has 3 N–H and O–H groups in total. The number of aliphatic hydroxyl groups is 1. The molecule has 6 heteroatoms. The Bertz CT molecular complexity index is 495. The zero-order chi connectivity index (χ0) is 16.3. The third-order valence-corrected chi connectivity index (χ3v) is 4.69. The molecule has 1 atom stereocenters. The summed E-state index contributed by atoms with van der Waals surface area (Å²) in [5.74, 6) is 1.41. The first kappa shape index (κ1) is 17.9. The molecule has 0 aliphatic heterocycles. The molecule has 5 nitrogen and oxygen atoms in total. The lowest BCUT2D eigenvalue weighted by molar-refractivity contribution is 0.0579. The molecule has 0 bridgehead atoms. The summed E-state index contributed by atoms with van der Waals surface area (Å²) < 4.78 is 5.41. The number of furan rings is 1. The average molecular weight is 314 g/mol. The number of aryl methyl sites for hydroxylation is 2. The van der Waals surface area contributed by atoms with E-state index in [2.05, 4.69) is 24.5 Å². The van der Waals surface area contributed by atoms with E-state index in [0.717, 1.165) is 5.76 Å². The van der Waals surface area contributed by atoms with Crippen molar-refractivity contribution in [2.24, 2.45) is 0 Å². The van der Waals surface area contributed by atoms with Gasteiger partial charge in [-0.1, -0.05) is 0 Å². The van der Waals surface area contributed by atoms with E-state index in [-0.39, 0.29) is 17.3 Å². The molecule has 0 fully saturated rings. The second kappa shape index (κ2) is 6.75. The van der Waals surface area contributed by atoms with Crippen molar-refractivity contribution in [2.45, 2.75) is 45.0 Å². The van der Waals surface area contributed by atoms with Gasteiger partial charge < -0.3 is 20.2 Å². The van der Waals surface area contributed by atoms with Crippen molar-refractivity contribution < 1.29 is 14.3 Å². The van der Waals surface area contributed by atoms with Crippen LogP contribution in [0.15, 0.2) is 10.5 Å². The molecule has 1 rings (SSSR count). The van der Waals surface area contributed by atoms with Gasteiger partial charge in [0, 0.05) is 16.9 Å². The van der Waals surface area contributed by atoms with Gasteiger partial charge in [0.15, 0.2) is 0 Å². The maximum Gasteiger partial charge on any atom is 0.314 e. The zero-order valence-corrected chi connectivity index (χ0v) is 14.5. The number of nitrogens with one attached hydrogen (secondary N) is 2. The summed E-state index contributed by atoms with van der Waals surface area (Å²) >= 11 is 1.69. The van der Waals surface area contributed by atoms with E-state index in [0.29, 0.717) is 17.9 Å². The maximum absolute atomic E-state index is 11.8. The second-order valence-electron chi connectivity index (χ2n) is 6.10. The van der Waals surface area contributed by atoms with E-state index in [9.17, 15) is 9.90 Å². The first-order valence-electron chi connectivity index (χ1n) is 6.94. The van der Waals surface area contributed by atoms with Gasteiger partial charge in [0.1, 0.15) is 17.1 Å². The summed E-state index contributed by atoms with van der Waals surface area (Å²) in [5.41, 5.74) is -0.460. The molecular formula is C15H26N2O3S. The predicted molar refractivity (Wildman–Crippen MR) is 86.7 cm³/mol. The Balaban J connectivity index is 2.54. The largest absolute Gasteiger partial charge is 0.466 e. The fourth-order valence-corrected chi connectivity index (χ4v) is 2.16. The maximum atomic E-state index is 11.8. The first-order valence-corrected chi connectivity index (χ1v) is 8.16. The van der Waals surface area contributed by atoms with E-state index in [1.165, 1.54) is 0 Å². The lowest BCUT2D eigenvalue weighted by Crippen LogP contribution is -2.46. The third-order valence-electron chi connectivity index (χ3n) is 3.44.